The summed E-state index contributed by atoms with van der Waals surface area (Å²) in [7, 11) is -3.48. The molecule has 0 atom stereocenters. The van der Waals surface area contributed by atoms with Crippen molar-refractivity contribution in [1.29, 1.82) is 0 Å². The van der Waals surface area contributed by atoms with Crippen LogP contribution in [-0.2, 0) is 9.84 Å². The van der Waals surface area contributed by atoms with Crippen LogP contribution in [0.25, 0.3) is 0 Å². The number of benzene rings is 1. The minimum absolute atomic E-state index is 0.0456. The first-order chi connectivity index (χ1) is 8.81. The predicted octanol–water partition coefficient (Wildman–Crippen LogP) is 2.92. The first-order valence-electron chi connectivity index (χ1n) is 6.07. The van der Waals surface area contributed by atoms with Gasteiger partial charge in [-0.05, 0) is 43.4 Å². The summed E-state index contributed by atoms with van der Waals surface area (Å²) in [5.41, 5.74) is 0.205. The van der Waals surface area contributed by atoms with Crippen LogP contribution in [0.3, 0.4) is 0 Å². The summed E-state index contributed by atoms with van der Waals surface area (Å²) in [6, 6.07) is 2.62. The molecule has 0 radical (unpaired) electrons. The fourth-order valence-corrected chi connectivity index (χ4v) is 4.56. The Morgan fingerprint density at radius 1 is 1.42 bits per heavy atom. The van der Waals surface area contributed by atoms with Crippen molar-refractivity contribution in [3.8, 4) is 0 Å². The normalized spacial score (nSPS) is 16.1. The van der Waals surface area contributed by atoms with E-state index < -0.39 is 15.8 Å². The summed E-state index contributed by atoms with van der Waals surface area (Å²) in [5, 5.41) is 9.20. The molecule has 0 saturated heterocycles. The lowest BCUT2D eigenvalue weighted by atomic mass is 9.87. The van der Waals surface area contributed by atoms with Crippen LogP contribution in [0.15, 0.2) is 17.0 Å². The molecule has 1 fully saturated rings. The summed E-state index contributed by atoms with van der Waals surface area (Å²) in [6.45, 7) is 1.51. The Kier molecular flexibility index (Phi) is 3.87. The van der Waals surface area contributed by atoms with Gasteiger partial charge in [0.15, 0.2) is 9.84 Å². The standard InChI is InChI=1S/C13H15ClO4S/c1-8-11(13(15)16)5-10(14)6-12(8)19(17,18)7-9-3-2-4-9/h5-6,9H,2-4,7H2,1H3,(H,15,16). The van der Waals surface area contributed by atoms with E-state index in [0.717, 1.165) is 19.3 Å². The molecule has 1 aliphatic rings. The highest BCUT2D eigenvalue weighted by molar-refractivity contribution is 7.91. The zero-order chi connectivity index (χ0) is 14.2. The van der Waals surface area contributed by atoms with E-state index in [9.17, 15) is 13.2 Å². The Balaban J connectivity index is 2.46. The Labute approximate surface area is 117 Å². The number of aromatic carboxylic acids is 1. The van der Waals surface area contributed by atoms with Crippen molar-refractivity contribution in [3.63, 3.8) is 0 Å². The molecule has 0 unspecified atom stereocenters. The second-order valence-electron chi connectivity index (χ2n) is 4.96. The second-order valence-corrected chi connectivity index (χ2v) is 7.40. The van der Waals surface area contributed by atoms with Crippen LogP contribution in [0, 0.1) is 12.8 Å². The molecule has 6 heteroatoms. The lowest BCUT2D eigenvalue weighted by Gasteiger charge is -2.25. The molecule has 1 aromatic carbocycles. The van der Waals surface area contributed by atoms with Crippen LogP contribution >= 0.6 is 11.6 Å². The minimum atomic E-state index is -3.48. The molecule has 0 spiro atoms. The van der Waals surface area contributed by atoms with E-state index in [1.807, 2.05) is 0 Å². The number of hydrogen-bond donors (Lipinski definition) is 1. The Morgan fingerprint density at radius 2 is 2.05 bits per heavy atom. The van der Waals surface area contributed by atoms with Crippen molar-refractivity contribution < 1.29 is 18.3 Å². The van der Waals surface area contributed by atoms with E-state index in [0.29, 0.717) is 0 Å². The van der Waals surface area contributed by atoms with E-state index in [2.05, 4.69) is 0 Å². The van der Waals surface area contributed by atoms with Crippen molar-refractivity contribution in [2.45, 2.75) is 31.1 Å². The van der Waals surface area contributed by atoms with Crippen LogP contribution in [0.2, 0.25) is 5.02 Å². The highest BCUT2D eigenvalue weighted by Gasteiger charge is 2.28. The summed E-state index contributed by atoms with van der Waals surface area (Å²) >= 11 is 5.83. The Morgan fingerprint density at radius 3 is 2.53 bits per heavy atom. The molecule has 104 valence electrons. The Bertz CT molecular complexity index is 618. The molecule has 1 N–H and O–H groups in total. The maximum Gasteiger partial charge on any atom is 0.336 e. The van der Waals surface area contributed by atoms with Crippen molar-refractivity contribution in [2.75, 3.05) is 5.75 Å². The summed E-state index contributed by atoms with van der Waals surface area (Å²) in [4.78, 5) is 11.1. The molecule has 0 heterocycles. The maximum absolute atomic E-state index is 12.3. The minimum Gasteiger partial charge on any atom is -0.478 e. The van der Waals surface area contributed by atoms with Crippen LogP contribution in [-0.4, -0.2) is 25.2 Å². The van der Waals surface area contributed by atoms with Crippen LogP contribution in [0.4, 0.5) is 0 Å². The first kappa shape index (κ1) is 14.3. The van der Waals surface area contributed by atoms with Crippen molar-refractivity contribution >= 4 is 27.4 Å². The molecule has 0 aromatic heterocycles. The number of sulfone groups is 1. The number of rotatable bonds is 4. The summed E-state index contributed by atoms with van der Waals surface area (Å²) in [5.74, 6) is -0.899. The van der Waals surface area contributed by atoms with Gasteiger partial charge in [0.1, 0.15) is 0 Å². The maximum atomic E-state index is 12.3. The van der Waals surface area contributed by atoms with Gasteiger partial charge in [-0.1, -0.05) is 18.0 Å². The molecule has 1 aliphatic carbocycles. The van der Waals surface area contributed by atoms with Gasteiger partial charge in [-0.25, -0.2) is 13.2 Å². The van der Waals surface area contributed by atoms with Gasteiger partial charge in [-0.2, -0.15) is 0 Å². The quantitative estimate of drug-likeness (QED) is 0.928. The molecule has 2 rings (SSSR count). The van der Waals surface area contributed by atoms with Gasteiger partial charge in [0.25, 0.3) is 0 Å². The van der Waals surface area contributed by atoms with E-state index in [4.69, 9.17) is 16.7 Å². The number of carboxylic acid groups (broad SMARTS) is 1. The number of carbonyl (C=O) groups is 1. The van der Waals surface area contributed by atoms with E-state index in [1.165, 1.54) is 19.1 Å². The SMILES string of the molecule is Cc1c(C(=O)O)cc(Cl)cc1S(=O)(=O)CC1CCC1. The largest absolute Gasteiger partial charge is 0.478 e. The van der Waals surface area contributed by atoms with Gasteiger partial charge in [-0.3, -0.25) is 0 Å². The lowest BCUT2D eigenvalue weighted by molar-refractivity contribution is 0.0696. The number of carboxylic acids is 1. The third-order valence-electron chi connectivity index (χ3n) is 3.57. The van der Waals surface area contributed by atoms with Crippen LogP contribution in [0.1, 0.15) is 35.2 Å². The highest BCUT2D eigenvalue weighted by Crippen LogP contribution is 2.32. The monoisotopic (exact) mass is 302 g/mol. The van der Waals surface area contributed by atoms with Crippen molar-refractivity contribution in [3.05, 3.63) is 28.3 Å². The smallest absolute Gasteiger partial charge is 0.336 e. The van der Waals surface area contributed by atoms with E-state index >= 15 is 0 Å². The van der Waals surface area contributed by atoms with Crippen LogP contribution < -0.4 is 0 Å². The highest BCUT2D eigenvalue weighted by atomic mass is 35.5. The third-order valence-corrected chi connectivity index (χ3v) is 5.79. The van der Waals surface area contributed by atoms with E-state index in [1.54, 1.807) is 0 Å². The molecule has 1 saturated carbocycles. The molecule has 0 bridgehead atoms. The molecule has 19 heavy (non-hydrogen) atoms. The molecule has 0 aliphatic heterocycles. The second kappa shape index (κ2) is 5.13. The average Bonchev–Trinajstić information content (AvgIpc) is 2.26. The number of hydrogen-bond acceptors (Lipinski definition) is 3. The summed E-state index contributed by atoms with van der Waals surface area (Å²) in [6.07, 6.45) is 2.91. The Hall–Kier alpha value is -1.07. The van der Waals surface area contributed by atoms with Gasteiger partial charge in [0, 0.05) is 5.02 Å². The van der Waals surface area contributed by atoms with Gasteiger partial charge in [-0.15, -0.1) is 0 Å². The van der Waals surface area contributed by atoms with Crippen LogP contribution in [0.5, 0.6) is 0 Å². The van der Waals surface area contributed by atoms with Crippen molar-refractivity contribution in [2.24, 2.45) is 5.92 Å². The topological polar surface area (TPSA) is 71.4 Å². The van der Waals surface area contributed by atoms with Gasteiger partial charge >= 0.3 is 5.97 Å². The fourth-order valence-electron chi connectivity index (χ4n) is 2.26. The molecule has 1 aromatic rings. The van der Waals surface area contributed by atoms with Gasteiger partial charge in [0.05, 0.1) is 16.2 Å². The van der Waals surface area contributed by atoms with Gasteiger partial charge in [0.2, 0.25) is 0 Å². The van der Waals surface area contributed by atoms with Gasteiger partial charge < -0.3 is 5.11 Å². The third kappa shape index (κ3) is 2.92. The van der Waals surface area contributed by atoms with E-state index in [-0.39, 0.29) is 32.7 Å². The molecule has 0 amide bonds. The molecule has 4 nitrogen and oxygen atoms in total. The fraction of sp³-hybridized carbons (Fsp3) is 0.462. The summed E-state index contributed by atoms with van der Waals surface area (Å²) < 4.78 is 24.7. The zero-order valence-electron chi connectivity index (χ0n) is 10.5. The number of halogens is 1. The lowest BCUT2D eigenvalue weighted by Crippen LogP contribution is -2.23. The predicted molar refractivity (Wildman–Crippen MR) is 72.5 cm³/mol. The molecular formula is C13H15ClO4S. The first-order valence-corrected chi connectivity index (χ1v) is 8.10. The zero-order valence-corrected chi connectivity index (χ0v) is 12.1. The van der Waals surface area contributed by atoms with Crippen molar-refractivity contribution in [1.82, 2.24) is 0 Å². The average molecular weight is 303 g/mol. The molecular weight excluding hydrogens is 288 g/mol.